The minimum absolute atomic E-state index is 0.0442. The van der Waals surface area contributed by atoms with Crippen molar-refractivity contribution in [3.63, 3.8) is 0 Å². The quantitative estimate of drug-likeness (QED) is 0.695. The van der Waals surface area contributed by atoms with Gasteiger partial charge in [-0.15, -0.1) is 16.9 Å². The highest BCUT2D eigenvalue weighted by atomic mass is 35.5. The molecule has 2 amide bonds. The molecule has 2 saturated heterocycles. The van der Waals surface area contributed by atoms with Crippen molar-refractivity contribution in [1.82, 2.24) is 20.4 Å². The number of nitrogens with zero attached hydrogens (tertiary/aromatic N) is 3. The number of aromatic nitrogens is 2. The number of fused-ring (bicyclic) bond motifs is 1. The molecular formula is C20H21ClN4O4S. The fraction of sp³-hybridized carbons (Fsp3) is 0.400. The number of rotatable bonds is 5. The lowest BCUT2D eigenvalue weighted by molar-refractivity contribution is -0.128. The van der Waals surface area contributed by atoms with E-state index in [2.05, 4.69) is 15.5 Å². The summed E-state index contributed by atoms with van der Waals surface area (Å²) in [6.45, 7) is 1.59. The molecule has 1 aromatic heterocycles. The lowest BCUT2D eigenvalue weighted by Crippen LogP contribution is -2.41. The first-order chi connectivity index (χ1) is 14.6. The van der Waals surface area contributed by atoms with Crippen LogP contribution in [0.2, 0.25) is 5.02 Å². The van der Waals surface area contributed by atoms with Crippen molar-refractivity contribution in [3.05, 3.63) is 53.3 Å². The number of nitrogens with one attached hydrogen (secondary N) is 1. The van der Waals surface area contributed by atoms with Gasteiger partial charge in [0.2, 0.25) is 5.91 Å². The maximum atomic E-state index is 12.6. The molecule has 158 valence electrons. The van der Waals surface area contributed by atoms with Crippen molar-refractivity contribution < 1.29 is 19.1 Å². The molecule has 8 nitrogen and oxygen atoms in total. The molecule has 1 aromatic carbocycles. The summed E-state index contributed by atoms with van der Waals surface area (Å²) < 4.78 is 11.9. The van der Waals surface area contributed by atoms with Crippen LogP contribution < -0.4 is 5.32 Å². The third kappa shape index (κ3) is 5.28. The van der Waals surface area contributed by atoms with Crippen LogP contribution in [0, 0.1) is 0 Å². The maximum absolute atomic E-state index is 12.6. The molecule has 0 aliphatic carbocycles. The van der Waals surface area contributed by atoms with Gasteiger partial charge in [-0.1, -0.05) is 11.6 Å². The van der Waals surface area contributed by atoms with E-state index in [1.54, 1.807) is 17.0 Å². The van der Waals surface area contributed by atoms with Gasteiger partial charge in [0.1, 0.15) is 12.2 Å². The van der Waals surface area contributed by atoms with E-state index in [1.807, 2.05) is 24.3 Å². The van der Waals surface area contributed by atoms with Gasteiger partial charge in [0.05, 0.1) is 25.0 Å². The summed E-state index contributed by atoms with van der Waals surface area (Å²) >= 11 is 7.37. The summed E-state index contributed by atoms with van der Waals surface area (Å²) in [5, 5.41) is 11.0. The number of carbonyl (C=O) groups excluding carboxylic acids is 2. The van der Waals surface area contributed by atoms with E-state index < -0.39 is 0 Å². The Morgan fingerprint density at radius 1 is 1.13 bits per heavy atom. The van der Waals surface area contributed by atoms with Gasteiger partial charge in [-0.05, 0) is 36.4 Å². The van der Waals surface area contributed by atoms with E-state index in [4.69, 9.17) is 21.1 Å². The third-order valence-electron chi connectivity index (χ3n) is 4.91. The monoisotopic (exact) mass is 448 g/mol. The van der Waals surface area contributed by atoms with Crippen LogP contribution in [0.15, 0.2) is 47.5 Å². The predicted molar refractivity (Wildman–Crippen MR) is 112 cm³/mol. The zero-order valence-electron chi connectivity index (χ0n) is 16.1. The van der Waals surface area contributed by atoms with Gasteiger partial charge in [-0.2, -0.15) is 5.10 Å². The minimum atomic E-state index is -0.316. The van der Waals surface area contributed by atoms with Crippen molar-refractivity contribution >= 4 is 35.2 Å². The molecule has 10 heteroatoms. The van der Waals surface area contributed by atoms with E-state index in [-0.39, 0.29) is 35.8 Å². The number of halogens is 1. The predicted octanol–water partition coefficient (Wildman–Crippen LogP) is 1.65. The van der Waals surface area contributed by atoms with Gasteiger partial charge < -0.3 is 19.7 Å². The van der Waals surface area contributed by atoms with Crippen LogP contribution in [0.5, 0.6) is 0 Å². The highest BCUT2D eigenvalue weighted by Crippen LogP contribution is 2.24. The molecule has 0 spiro atoms. The van der Waals surface area contributed by atoms with E-state index in [9.17, 15) is 9.59 Å². The zero-order valence-corrected chi connectivity index (χ0v) is 17.6. The van der Waals surface area contributed by atoms with Gasteiger partial charge in [0.25, 0.3) is 5.91 Å². The van der Waals surface area contributed by atoms with E-state index in [0.29, 0.717) is 37.1 Å². The summed E-state index contributed by atoms with van der Waals surface area (Å²) in [4.78, 5) is 27.6. The van der Waals surface area contributed by atoms with Gasteiger partial charge >= 0.3 is 0 Å². The van der Waals surface area contributed by atoms with Crippen LogP contribution in [0.1, 0.15) is 10.5 Å². The van der Waals surface area contributed by atoms with E-state index >= 15 is 0 Å². The lowest BCUT2D eigenvalue weighted by Gasteiger charge is -2.19. The average molecular weight is 449 g/mol. The van der Waals surface area contributed by atoms with Crippen molar-refractivity contribution in [1.29, 1.82) is 0 Å². The molecule has 4 rings (SSSR count). The number of carbonyl (C=O) groups is 2. The summed E-state index contributed by atoms with van der Waals surface area (Å²) in [6, 6.07) is 10.4. The Morgan fingerprint density at radius 3 is 2.47 bits per heavy atom. The summed E-state index contributed by atoms with van der Waals surface area (Å²) in [5.41, 5.74) is 0.247. The molecule has 2 atom stereocenters. The molecule has 2 aliphatic heterocycles. The van der Waals surface area contributed by atoms with E-state index in [1.165, 1.54) is 18.0 Å². The fourth-order valence-electron chi connectivity index (χ4n) is 3.33. The fourth-order valence-corrected chi connectivity index (χ4v) is 4.26. The van der Waals surface area contributed by atoms with Crippen LogP contribution >= 0.6 is 23.4 Å². The Balaban J connectivity index is 1.24. The van der Waals surface area contributed by atoms with Gasteiger partial charge in [-0.3, -0.25) is 9.59 Å². The molecule has 1 N–H and O–H groups in total. The SMILES string of the molecule is O=C(NC1CO[C@H]2CN(C(=O)CSc3ccc(Cl)cc3)C[C@@H]2OC1)c1cccnn1. The summed E-state index contributed by atoms with van der Waals surface area (Å²) in [6.07, 6.45) is 1.11. The standard InChI is InChI=1S/C20H21ClN4O4S/c21-13-3-5-15(6-4-13)30-12-19(26)25-8-17-18(9-25)29-11-14(10-28-17)23-20(27)16-2-1-7-22-24-16/h1-7,14,17-18H,8-12H2,(H,23,27)/t17-,18-/m0/s1. The molecule has 3 heterocycles. The first-order valence-electron chi connectivity index (χ1n) is 9.56. The Hall–Kier alpha value is -2.20. The number of thioether (sulfide) groups is 1. The second-order valence-corrected chi connectivity index (χ2v) is 8.55. The average Bonchev–Trinajstić information content (AvgIpc) is 3.10. The number of hydrogen-bond donors (Lipinski definition) is 1. The molecular weight excluding hydrogens is 428 g/mol. The molecule has 0 saturated carbocycles. The Morgan fingerprint density at radius 2 is 1.83 bits per heavy atom. The van der Waals surface area contributed by atoms with Crippen LogP contribution in [0.3, 0.4) is 0 Å². The van der Waals surface area contributed by atoms with Crippen LogP contribution in [0.25, 0.3) is 0 Å². The molecule has 0 unspecified atom stereocenters. The summed E-state index contributed by atoms with van der Waals surface area (Å²) in [7, 11) is 0. The van der Waals surface area contributed by atoms with Gasteiger partial charge in [0, 0.05) is 29.2 Å². The number of ether oxygens (including phenoxy) is 2. The third-order valence-corrected chi connectivity index (χ3v) is 6.16. The first kappa shape index (κ1) is 21.0. The van der Waals surface area contributed by atoms with E-state index in [0.717, 1.165) is 4.90 Å². The molecule has 2 fully saturated rings. The normalized spacial score (nSPS) is 21.7. The highest BCUT2D eigenvalue weighted by molar-refractivity contribution is 8.00. The Bertz CT molecular complexity index is 870. The number of likely N-dealkylation sites (tertiary alicyclic amines) is 1. The van der Waals surface area contributed by atoms with Crippen LogP contribution in [-0.2, 0) is 14.3 Å². The molecule has 0 radical (unpaired) electrons. The number of amides is 2. The zero-order chi connectivity index (χ0) is 20.9. The minimum Gasteiger partial charge on any atom is -0.371 e. The second-order valence-electron chi connectivity index (χ2n) is 7.06. The maximum Gasteiger partial charge on any atom is 0.272 e. The van der Waals surface area contributed by atoms with Crippen molar-refractivity contribution in [3.8, 4) is 0 Å². The van der Waals surface area contributed by atoms with Crippen molar-refractivity contribution in [2.24, 2.45) is 0 Å². The Labute approximate surface area is 183 Å². The molecule has 2 aromatic rings. The lowest BCUT2D eigenvalue weighted by atomic mass is 10.3. The molecule has 2 aliphatic rings. The summed E-state index contributed by atoms with van der Waals surface area (Å²) in [5.74, 6) is 0.0730. The first-order valence-corrected chi connectivity index (χ1v) is 10.9. The second kappa shape index (κ2) is 9.74. The van der Waals surface area contributed by atoms with Gasteiger partial charge in [0.15, 0.2) is 5.69 Å². The molecule has 0 bridgehead atoms. The smallest absolute Gasteiger partial charge is 0.272 e. The largest absolute Gasteiger partial charge is 0.371 e. The number of hydrogen-bond acceptors (Lipinski definition) is 7. The number of benzene rings is 1. The highest BCUT2D eigenvalue weighted by Gasteiger charge is 2.39. The van der Waals surface area contributed by atoms with Gasteiger partial charge in [-0.25, -0.2) is 0 Å². The van der Waals surface area contributed by atoms with Crippen molar-refractivity contribution in [2.75, 3.05) is 32.1 Å². The van der Waals surface area contributed by atoms with Crippen LogP contribution in [0.4, 0.5) is 0 Å². The van der Waals surface area contributed by atoms with Crippen molar-refractivity contribution in [2.45, 2.75) is 23.1 Å². The van der Waals surface area contributed by atoms with Crippen LogP contribution in [-0.4, -0.2) is 77.2 Å². The molecule has 30 heavy (non-hydrogen) atoms. The Kier molecular flexibility index (Phi) is 6.83. The topological polar surface area (TPSA) is 93.7 Å².